The highest BCUT2D eigenvalue weighted by atomic mass is 127. The number of benzene rings is 1. The zero-order valence-corrected chi connectivity index (χ0v) is 17.4. The summed E-state index contributed by atoms with van der Waals surface area (Å²) in [5.74, 6) is -0.190. The van der Waals surface area contributed by atoms with Crippen LogP contribution in [0.15, 0.2) is 41.5 Å². The first-order valence-corrected chi connectivity index (χ1v) is 8.41. The number of hydrogen-bond donors (Lipinski definition) is 2. The van der Waals surface area contributed by atoms with Crippen LogP contribution in [-0.2, 0) is 6.54 Å². The molecule has 1 aromatic carbocycles. The number of aromatic nitrogens is 1. The van der Waals surface area contributed by atoms with E-state index >= 15 is 0 Å². The fourth-order valence-corrected chi connectivity index (χ4v) is 2.68. The maximum atomic E-state index is 13.6. The molecule has 0 unspecified atom stereocenters. The van der Waals surface area contributed by atoms with E-state index in [0.29, 0.717) is 6.54 Å². The zero-order valence-electron chi connectivity index (χ0n) is 15.0. The molecule has 1 aliphatic rings. The van der Waals surface area contributed by atoms with Crippen molar-refractivity contribution >= 4 is 41.4 Å². The minimum Gasteiger partial charge on any atom is -0.370 e. The molecule has 3 N–H and O–H groups in total. The number of halogens is 3. The zero-order chi connectivity index (χ0) is 18.5. The molecule has 1 aliphatic heterocycles. The van der Waals surface area contributed by atoms with Gasteiger partial charge in [0.1, 0.15) is 17.5 Å². The number of nitrogens with one attached hydrogen (secondary N) is 1. The lowest BCUT2D eigenvalue weighted by molar-refractivity contribution is 0.312. The summed E-state index contributed by atoms with van der Waals surface area (Å²) in [6, 6.07) is 7.02. The molecule has 2 aromatic rings. The standard InChI is InChI=1S/C18H22F2N6.HI/c1-25-6-8-26(9-7-25)17-5-2-13(11-22-17)12-23-18(21)24-16-10-14(19)3-4-15(16)20;/h2-5,10-11H,6-9,12H2,1H3,(H3,21,23,24);1H. The van der Waals surface area contributed by atoms with Crippen LogP contribution in [0.3, 0.4) is 0 Å². The molecule has 1 saturated heterocycles. The molecule has 2 heterocycles. The first kappa shape index (κ1) is 21.3. The quantitative estimate of drug-likeness (QED) is 0.394. The van der Waals surface area contributed by atoms with Crippen molar-refractivity contribution in [3.8, 4) is 0 Å². The number of piperazine rings is 1. The summed E-state index contributed by atoms with van der Waals surface area (Å²) in [5, 5.41) is 2.57. The Morgan fingerprint density at radius 2 is 1.93 bits per heavy atom. The number of aliphatic imine (C=N–C) groups is 1. The van der Waals surface area contributed by atoms with Crippen LogP contribution >= 0.6 is 24.0 Å². The third-order valence-electron chi connectivity index (χ3n) is 4.26. The minimum absolute atomic E-state index is 0. The molecule has 146 valence electrons. The van der Waals surface area contributed by atoms with Crippen molar-refractivity contribution in [2.45, 2.75) is 6.54 Å². The molecular weight excluding hydrogens is 465 g/mol. The van der Waals surface area contributed by atoms with E-state index in [0.717, 1.165) is 55.8 Å². The van der Waals surface area contributed by atoms with Crippen LogP contribution in [0.25, 0.3) is 0 Å². The SMILES string of the molecule is CN1CCN(c2ccc(CN=C(N)Nc3cc(F)ccc3F)cn2)CC1.I. The number of nitrogens with two attached hydrogens (primary N) is 1. The Morgan fingerprint density at radius 3 is 2.59 bits per heavy atom. The summed E-state index contributed by atoms with van der Waals surface area (Å²) in [7, 11) is 2.11. The molecule has 0 bridgehead atoms. The predicted molar refractivity (Wildman–Crippen MR) is 115 cm³/mol. The smallest absolute Gasteiger partial charge is 0.193 e. The Hall–Kier alpha value is -2.01. The number of nitrogens with zero attached hydrogens (tertiary/aromatic N) is 4. The number of rotatable bonds is 4. The van der Waals surface area contributed by atoms with Gasteiger partial charge < -0.3 is 20.9 Å². The third-order valence-corrected chi connectivity index (χ3v) is 4.26. The molecular formula is C18H23F2IN6. The van der Waals surface area contributed by atoms with Crippen molar-refractivity contribution in [1.82, 2.24) is 9.88 Å². The average molecular weight is 488 g/mol. The fraction of sp³-hybridized carbons (Fsp3) is 0.333. The number of hydrogen-bond acceptors (Lipinski definition) is 4. The number of anilines is 2. The first-order valence-electron chi connectivity index (χ1n) is 8.41. The van der Waals surface area contributed by atoms with Gasteiger partial charge in [-0.25, -0.2) is 18.8 Å². The van der Waals surface area contributed by atoms with Gasteiger partial charge in [0.25, 0.3) is 0 Å². The van der Waals surface area contributed by atoms with Gasteiger partial charge in [0, 0.05) is 38.4 Å². The molecule has 0 aliphatic carbocycles. The maximum absolute atomic E-state index is 13.6. The molecule has 0 atom stereocenters. The highest BCUT2D eigenvalue weighted by Gasteiger charge is 2.14. The summed E-state index contributed by atoms with van der Waals surface area (Å²) in [4.78, 5) is 13.2. The summed E-state index contributed by atoms with van der Waals surface area (Å²) < 4.78 is 26.7. The number of likely N-dealkylation sites (N-methyl/N-ethyl adjacent to an activating group) is 1. The summed E-state index contributed by atoms with van der Waals surface area (Å²) in [6.07, 6.45) is 1.76. The van der Waals surface area contributed by atoms with Crippen molar-refractivity contribution in [1.29, 1.82) is 0 Å². The minimum atomic E-state index is -0.595. The Balaban J connectivity index is 0.00000261. The Morgan fingerprint density at radius 1 is 1.19 bits per heavy atom. The molecule has 27 heavy (non-hydrogen) atoms. The van der Waals surface area contributed by atoms with Crippen LogP contribution in [-0.4, -0.2) is 49.1 Å². The van der Waals surface area contributed by atoms with E-state index in [1.807, 2.05) is 12.1 Å². The molecule has 1 fully saturated rings. The van der Waals surface area contributed by atoms with E-state index in [-0.39, 0.29) is 35.6 Å². The van der Waals surface area contributed by atoms with Gasteiger partial charge in [0.2, 0.25) is 0 Å². The van der Waals surface area contributed by atoms with Gasteiger partial charge in [0.05, 0.1) is 12.2 Å². The van der Waals surface area contributed by atoms with Gasteiger partial charge in [-0.3, -0.25) is 0 Å². The second-order valence-corrected chi connectivity index (χ2v) is 6.27. The summed E-state index contributed by atoms with van der Waals surface area (Å²) in [6.45, 7) is 4.25. The van der Waals surface area contributed by atoms with Crippen molar-refractivity contribution < 1.29 is 8.78 Å². The van der Waals surface area contributed by atoms with Crippen LogP contribution in [0.5, 0.6) is 0 Å². The molecule has 3 rings (SSSR count). The molecule has 0 radical (unpaired) electrons. The Labute approximate surface area is 174 Å². The second-order valence-electron chi connectivity index (χ2n) is 6.27. The number of guanidine groups is 1. The van der Waals surface area contributed by atoms with E-state index in [1.165, 1.54) is 0 Å². The maximum Gasteiger partial charge on any atom is 0.193 e. The predicted octanol–water partition coefficient (Wildman–Crippen LogP) is 2.66. The van der Waals surface area contributed by atoms with Gasteiger partial charge in [-0.2, -0.15) is 0 Å². The van der Waals surface area contributed by atoms with Gasteiger partial charge in [0.15, 0.2) is 5.96 Å². The van der Waals surface area contributed by atoms with Gasteiger partial charge in [-0.05, 0) is 30.8 Å². The Bertz CT molecular complexity index is 776. The largest absolute Gasteiger partial charge is 0.370 e. The lowest BCUT2D eigenvalue weighted by Gasteiger charge is -2.33. The summed E-state index contributed by atoms with van der Waals surface area (Å²) in [5.41, 5.74) is 6.58. The highest BCUT2D eigenvalue weighted by molar-refractivity contribution is 14.0. The number of pyridine rings is 1. The Kier molecular flexibility index (Phi) is 7.72. The van der Waals surface area contributed by atoms with Crippen LogP contribution in [0.1, 0.15) is 5.56 Å². The van der Waals surface area contributed by atoms with Crippen molar-refractivity contribution in [3.05, 3.63) is 53.7 Å². The van der Waals surface area contributed by atoms with Crippen molar-refractivity contribution in [3.63, 3.8) is 0 Å². The van der Waals surface area contributed by atoms with Gasteiger partial charge in [-0.15, -0.1) is 24.0 Å². The molecule has 6 nitrogen and oxygen atoms in total. The van der Waals surface area contributed by atoms with Crippen LogP contribution in [0.4, 0.5) is 20.3 Å². The second kappa shape index (κ2) is 9.79. The molecule has 1 aromatic heterocycles. The van der Waals surface area contributed by atoms with E-state index in [9.17, 15) is 8.78 Å². The molecule has 9 heteroatoms. The topological polar surface area (TPSA) is 69.8 Å². The van der Waals surface area contributed by atoms with Crippen LogP contribution < -0.4 is 16.0 Å². The third kappa shape index (κ3) is 5.99. The lowest BCUT2D eigenvalue weighted by atomic mass is 10.2. The van der Waals surface area contributed by atoms with Gasteiger partial charge >= 0.3 is 0 Å². The summed E-state index contributed by atoms with van der Waals surface area (Å²) >= 11 is 0. The monoisotopic (exact) mass is 488 g/mol. The normalized spacial score (nSPS) is 15.4. The van der Waals surface area contributed by atoms with E-state index in [1.54, 1.807) is 6.20 Å². The van der Waals surface area contributed by atoms with E-state index < -0.39 is 11.6 Å². The van der Waals surface area contributed by atoms with Gasteiger partial charge in [-0.1, -0.05) is 6.07 Å². The lowest BCUT2D eigenvalue weighted by Crippen LogP contribution is -2.44. The average Bonchev–Trinajstić information content (AvgIpc) is 2.64. The van der Waals surface area contributed by atoms with E-state index in [4.69, 9.17) is 5.73 Å². The fourth-order valence-electron chi connectivity index (χ4n) is 2.68. The molecule has 0 spiro atoms. The first-order chi connectivity index (χ1) is 12.5. The van der Waals surface area contributed by atoms with Crippen molar-refractivity contribution in [2.24, 2.45) is 10.7 Å². The molecule has 0 saturated carbocycles. The van der Waals surface area contributed by atoms with Crippen LogP contribution in [0.2, 0.25) is 0 Å². The van der Waals surface area contributed by atoms with Crippen LogP contribution in [0, 0.1) is 11.6 Å². The molecule has 0 amide bonds. The van der Waals surface area contributed by atoms with E-state index in [2.05, 4.69) is 32.1 Å². The van der Waals surface area contributed by atoms with Crippen molar-refractivity contribution in [2.75, 3.05) is 43.4 Å². The highest BCUT2D eigenvalue weighted by Crippen LogP contribution is 2.16.